The van der Waals surface area contributed by atoms with Gasteiger partial charge in [0.15, 0.2) is 12.1 Å². The summed E-state index contributed by atoms with van der Waals surface area (Å²) in [5.74, 6) is -1.15. The second-order valence-corrected chi connectivity index (χ2v) is 4.44. The molecule has 0 saturated carbocycles. The van der Waals surface area contributed by atoms with Crippen molar-refractivity contribution in [3.63, 3.8) is 0 Å². The summed E-state index contributed by atoms with van der Waals surface area (Å²) in [6.07, 6.45) is -2.54. The summed E-state index contributed by atoms with van der Waals surface area (Å²) in [5, 5.41) is 9.88. The zero-order valence-electron chi connectivity index (χ0n) is 9.50. The summed E-state index contributed by atoms with van der Waals surface area (Å²) in [4.78, 5) is 10.6. The van der Waals surface area contributed by atoms with Gasteiger partial charge in [-0.3, -0.25) is 4.79 Å². The van der Waals surface area contributed by atoms with Gasteiger partial charge in [0.2, 0.25) is 0 Å². The summed E-state index contributed by atoms with van der Waals surface area (Å²) in [5.41, 5.74) is 0. The summed E-state index contributed by atoms with van der Waals surface area (Å²) in [7, 11) is 0. The molecule has 0 bridgehead atoms. The lowest BCUT2D eigenvalue weighted by atomic mass is 10.1. The average Bonchev–Trinajstić information content (AvgIpc) is 2.58. The van der Waals surface area contributed by atoms with E-state index in [1.807, 2.05) is 0 Å². The van der Waals surface area contributed by atoms with E-state index in [-0.39, 0.29) is 6.61 Å². The van der Waals surface area contributed by atoms with Crippen LogP contribution in [0.3, 0.4) is 0 Å². The molecule has 1 unspecified atom stereocenters. The molecule has 1 N–H and O–H groups in total. The van der Waals surface area contributed by atoms with Crippen molar-refractivity contribution in [2.75, 3.05) is 6.61 Å². The third kappa shape index (κ3) is 2.20. The lowest BCUT2D eigenvalue weighted by molar-refractivity contribution is -0.220. The predicted octanol–water partition coefficient (Wildman–Crippen LogP) is -0.213. The number of hydrogen-bond acceptors (Lipinski definition) is 6. The van der Waals surface area contributed by atoms with Gasteiger partial charge in [0.25, 0.3) is 0 Å². The maximum absolute atomic E-state index is 10.6. The molecule has 0 aromatic heterocycles. The number of aliphatic hydroxyl groups is 1. The van der Waals surface area contributed by atoms with E-state index < -0.39 is 36.4 Å². The van der Waals surface area contributed by atoms with Crippen molar-refractivity contribution in [3.05, 3.63) is 0 Å². The Morgan fingerprint density at radius 2 is 2.12 bits per heavy atom. The Labute approximate surface area is 93.4 Å². The van der Waals surface area contributed by atoms with Crippen LogP contribution in [0.5, 0.6) is 0 Å². The minimum absolute atomic E-state index is 0.0106. The van der Waals surface area contributed by atoms with Crippen LogP contribution in [0, 0.1) is 0 Å². The molecule has 6 nitrogen and oxygen atoms in total. The van der Waals surface area contributed by atoms with Gasteiger partial charge in [-0.1, -0.05) is 0 Å². The van der Waals surface area contributed by atoms with Gasteiger partial charge in [-0.2, -0.15) is 0 Å². The molecular weight excluding hydrogens is 216 g/mol. The first-order valence-corrected chi connectivity index (χ1v) is 5.21. The van der Waals surface area contributed by atoms with E-state index in [2.05, 4.69) is 0 Å². The Bertz CT molecular complexity index is 289. The summed E-state index contributed by atoms with van der Waals surface area (Å²) < 4.78 is 21.1. The lowest BCUT2D eigenvalue weighted by Gasteiger charge is -2.22. The second kappa shape index (κ2) is 3.96. The normalized spacial score (nSPS) is 40.8. The molecule has 2 rings (SSSR count). The molecule has 0 aliphatic carbocycles. The number of esters is 1. The predicted molar refractivity (Wildman–Crippen MR) is 51.3 cm³/mol. The monoisotopic (exact) mass is 232 g/mol. The van der Waals surface area contributed by atoms with E-state index in [0.29, 0.717) is 0 Å². The van der Waals surface area contributed by atoms with Crippen LogP contribution in [0.2, 0.25) is 0 Å². The van der Waals surface area contributed by atoms with Crippen LogP contribution >= 0.6 is 0 Å². The highest BCUT2D eigenvalue weighted by Crippen LogP contribution is 2.37. The number of hydrogen-bond donors (Lipinski definition) is 1. The Morgan fingerprint density at radius 1 is 1.44 bits per heavy atom. The molecule has 0 amide bonds. The largest absolute Gasteiger partial charge is 0.463 e. The van der Waals surface area contributed by atoms with Crippen LogP contribution in [-0.2, 0) is 23.7 Å². The fraction of sp³-hybridized carbons (Fsp3) is 0.900. The highest BCUT2D eigenvalue weighted by Gasteiger charge is 2.54. The van der Waals surface area contributed by atoms with E-state index in [0.717, 1.165) is 0 Å². The average molecular weight is 232 g/mol. The highest BCUT2D eigenvalue weighted by molar-refractivity contribution is 5.65. The fourth-order valence-corrected chi connectivity index (χ4v) is 1.90. The molecule has 4 atom stereocenters. The molecule has 2 saturated heterocycles. The number of fused-ring (bicyclic) bond motifs is 1. The topological polar surface area (TPSA) is 74.2 Å². The number of carbonyl (C=O) groups is 1. The lowest BCUT2D eigenvalue weighted by Crippen LogP contribution is -2.36. The molecule has 2 aliphatic rings. The first kappa shape index (κ1) is 11.8. The Kier molecular flexibility index (Phi) is 2.91. The van der Waals surface area contributed by atoms with Crippen molar-refractivity contribution in [1.82, 2.24) is 0 Å². The van der Waals surface area contributed by atoms with Gasteiger partial charge < -0.3 is 24.1 Å². The zero-order valence-corrected chi connectivity index (χ0v) is 9.50. The third-order valence-electron chi connectivity index (χ3n) is 2.57. The maximum Gasteiger partial charge on any atom is 0.302 e. The SMILES string of the molecule is CC(=O)OC[C@H]1O[C@H]2OC(C)(C)OC2[C@H]1O. The molecule has 16 heavy (non-hydrogen) atoms. The molecule has 0 aromatic rings. The summed E-state index contributed by atoms with van der Waals surface area (Å²) >= 11 is 0. The van der Waals surface area contributed by atoms with E-state index in [4.69, 9.17) is 18.9 Å². The highest BCUT2D eigenvalue weighted by atomic mass is 16.8. The van der Waals surface area contributed by atoms with Crippen LogP contribution in [0.4, 0.5) is 0 Å². The molecule has 2 aliphatic heterocycles. The minimum Gasteiger partial charge on any atom is -0.463 e. The molecule has 0 aromatic carbocycles. The summed E-state index contributed by atoms with van der Waals surface area (Å²) in [6.45, 7) is 4.82. The number of ether oxygens (including phenoxy) is 4. The standard InChI is InChI=1S/C10H16O6/c1-5(11)13-4-6-7(12)8-9(14-6)16-10(2,3)15-8/h6-9,12H,4H2,1-3H3/t6-,7+,8?,9+/m1/s1. The third-order valence-corrected chi connectivity index (χ3v) is 2.57. The number of rotatable bonds is 2. The first-order valence-electron chi connectivity index (χ1n) is 5.21. The molecule has 6 heteroatoms. The van der Waals surface area contributed by atoms with Crippen LogP contribution in [0.1, 0.15) is 20.8 Å². The molecule has 0 radical (unpaired) electrons. The number of aliphatic hydroxyl groups excluding tert-OH is 1. The number of carbonyl (C=O) groups excluding carboxylic acids is 1. The van der Waals surface area contributed by atoms with Crippen molar-refractivity contribution in [2.24, 2.45) is 0 Å². The van der Waals surface area contributed by atoms with E-state index >= 15 is 0 Å². The van der Waals surface area contributed by atoms with Crippen LogP contribution < -0.4 is 0 Å². The molecule has 92 valence electrons. The van der Waals surface area contributed by atoms with Gasteiger partial charge in [0, 0.05) is 6.92 Å². The molecule has 2 heterocycles. The first-order chi connectivity index (χ1) is 7.39. The van der Waals surface area contributed by atoms with Gasteiger partial charge in [-0.05, 0) is 13.8 Å². The summed E-state index contributed by atoms with van der Waals surface area (Å²) in [6, 6.07) is 0. The fourth-order valence-electron chi connectivity index (χ4n) is 1.90. The minimum atomic E-state index is -0.842. The van der Waals surface area contributed by atoms with Crippen molar-refractivity contribution in [3.8, 4) is 0 Å². The maximum atomic E-state index is 10.6. The van der Waals surface area contributed by atoms with Crippen molar-refractivity contribution >= 4 is 5.97 Å². The van der Waals surface area contributed by atoms with Gasteiger partial charge in [0.1, 0.15) is 24.9 Å². The van der Waals surface area contributed by atoms with Crippen molar-refractivity contribution < 1.29 is 28.8 Å². The van der Waals surface area contributed by atoms with Crippen molar-refractivity contribution in [2.45, 2.75) is 51.2 Å². The zero-order chi connectivity index (χ0) is 11.9. The van der Waals surface area contributed by atoms with Crippen LogP contribution in [0.25, 0.3) is 0 Å². The molecule has 0 spiro atoms. The van der Waals surface area contributed by atoms with E-state index in [1.165, 1.54) is 6.92 Å². The Balaban J connectivity index is 1.92. The smallest absolute Gasteiger partial charge is 0.302 e. The van der Waals surface area contributed by atoms with Gasteiger partial charge in [0.05, 0.1) is 0 Å². The second-order valence-electron chi connectivity index (χ2n) is 4.44. The van der Waals surface area contributed by atoms with Crippen LogP contribution in [-0.4, -0.2) is 48.1 Å². The molecular formula is C10H16O6. The molecule has 2 fully saturated rings. The van der Waals surface area contributed by atoms with Crippen LogP contribution in [0.15, 0.2) is 0 Å². The van der Waals surface area contributed by atoms with E-state index in [9.17, 15) is 9.90 Å². The Hall–Kier alpha value is -0.690. The Morgan fingerprint density at radius 3 is 2.69 bits per heavy atom. The van der Waals surface area contributed by atoms with Gasteiger partial charge in [-0.25, -0.2) is 0 Å². The van der Waals surface area contributed by atoms with Crippen molar-refractivity contribution in [1.29, 1.82) is 0 Å². The quantitative estimate of drug-likeness (QED) is 0.664. The van der Waals surface area contributed by atoms with Gasteiger partial charge >= 0.3 is 5.97 Å². The van der Waals surface area contributed by atoms with E-state index in [1.54, 1.807) is 13.8 Å². The van der Waals surface area contributed by atoms with Gasteiger partial charge in [-0.15, -0.1) is 0 Å².